The minimum absolute atomic E-state index is 0.388. The zero-order valence-corrected chi connectivity index (χ0v) is 10.9. The summed E-state index contributed by atoms with van der Waals surface area (Å²) in [6.45, 7) is 0.537. The van der Waals surface area contributed by atoms with Crippen LogP contribution in [0.3, 0.4) is 0 Å². The van der Waals surface area contributed by atoms with Crippen molar-refractivity contribution in [2.75, 3.05) is 18.2 Å². The van der Waals surface area contributed by atoms with Gasteiger partial charge in [0.25, 0.3) is 0 Å². The van der Waals surface area contributed by atoms with Crippen LogP contribution in [-0.2, 0) is 18.3 Å². The van der Waals surface area contributed by atoms with Crippen molar-refractivity contribution in [3.8, 4) is 0 Å². The smallest absolute Gasteiger partial charge is 0.337 e. The van der Waals surface area contributed by atoms with Crippen molar-refractivity contribution in [3.63, 3.8) is 0 Å². The van der Waals surface area contributed by atoms with Gasteiger partial charge < -0.3 is 15.8 Å². The molecule has 2 rings (SSSR count). The van der Waals surface area contributed by atoms with E-state index in [0.29, 0.717) is 23.5 Å². The van der Waals surface area contributed by atoms with E-state index >= 15 is 0 Å². The Morgan fingerprint density at radius 3 is 2.89 bits per heavy atom. The molecule has 3 N–H and O–H groups in total. The Bertz CT molecular complexity index is 592. The molecule has 0 amide bonds. The van der Waals surface area contributed by atoms with Gasteiger partial charge >= 0.3 is 5.97 Å². The number of hydrogen-bond donors (Lipinski definition) is 2. The molecule has 1 aromatic heterocycles. The molecule has 0 aliphatic carbocycles. The Hall–Kier alpha value is -2.50. The van der Waals surface area contributed by atoms with E-state index in [1.807, 2.05) is 19.3 Å². The van der Waals surface area contributed by atoms with E-state index in [1.54, 1.807) is 22.9 Å². The topological polar surface area (TPSA) is 82.2 Å². The highest BCUT2D eigenvalue weighted by Crippen LogP contribution is 2.21. The normalized spacial score (nSPS) is 10.2. The third kappa shape index (κ3) is 3.04. The van der Waals surface area contributed by atoms with Gasteiger partial charge in [-0.15, -0.1) is 0 Å². The number of carbonyl (C=O) groups is 1. The molecule has 0 bridgehead atoms. The van der Waals surface area contributed by atoms with Gasteiger partial charge in [0, 0.05) is 13.2 Å². The van der Waals surface area contributed by atoms with Crippen LogP contribution in [0.15, 0.2) is 30.5 Å². The van der Waals surface area contributed by atoms with Crippen molar-refractivity contribution >= 4 is 17.3 Å². The SMILES string of the molecule is COC(=O)c1ccc(N)c(NCc2ccn(C)n2)c1. The molecule has 0 aliphatic rings. The zero-order chi connectivity index (χ0) is 13.8. The monoisotopic (exact) mass is 260 g/mol. The number of nitrogens with one attached hydrogen (secondary N) is 1. The van der Waals surface area contributed by atoms with E-state index in [9.17, 15) is 4.79 Å². The lowest BCUT2D eigenvalue weighted by atomic mass is 10.1. The number of methoxy groups -OCH3 is 1. The Labute approximate surface area is 111 Å². The van der Waals surface area contributed by atoms with Crippen LogP contribution in [0.4, 0.5) is 11.4 Å². The summed E-state index contributed by atoms with van der Waals surface area (Å²) in [5, 5.41) is 7.40. The Balaban J connectivity index is 2.12. The van der Waals surface area contributed by atoms with E-state index in [4.69, 9.17) is 5.73 Å². The summed E-state index contributed by atoms with van der Waals surface area (Å²) in [7, 11) is 3.20. The van der Waals surface area contributed by atoms with E-state index < -0.39 is 0 Å². The van der Waals surface area contributed by atoms with Crippen molar-refractivity contribution < 1.29 is 9.53 Å². The molecule has 6 nitrogen and oxygen atoms in total. The lowest BCUT2D eigenvalue weighted by Crippen LogP contribution is -2.07. The molecular weight excluding hydrogens is 244 g/mol. The van der Waals surface area contributed by atoms with Crippen molar-refractivity contribution in [1.82, 2.24) is 9.78 Å². The quantitative estimate of drug-likeness (QED) is 0.641. The second-order valence-electron chi connectivity index (χ2n) is 4.13. The molecule has 0 fully saturated rings. The lowest BCUT2D eigenvalue weighted by molar-refractivity contribution is 0.0601. The summed E-state index contributed by atoms with van der Waals surface area (Å²) >= 11 is 0. The maximum atomic E-state index is 11.4. The van der Waals surface area contributed by atoms with E-state index in [1.165, 1.54) is 7.11 Å². The molecule has 6 heteroatoms. The molecular formula is C13H16N4O2. The summed E-state index contributed by atoms with van der Waals surface area (Å²) in [4.78, 5) is 11.4. The molecule has 0 saturated carbocycles. The third-order valence-electron chi connectivity index (χ3n) is 2.70. The molecule has 0 unspecified atom stereocenters. The van der Waals surface area contributed by atoms with Crippen molar-refractivity contribution in [1.29, 1.82) is 0 Å². The van der Waals surface area contributed by atoms with Gasteiger partial charge in [-0.2, -0.15) is 5.10 Å². The van der Waals surface area contributed by atoms with Gasteiger partial charge in [-0.1, -0.05) is 0 Å². The average Bonchev–Trinajstić information content (AvgIpc) is 2.82. The fourth-order valence-corrected chi connectivity index (χ4v) is 1.70. The molecule has 100 valence electrons. The molecule has 1 heterocycles. The molecule has 0 spiro atoms. The first-order chi connectivity index (χ1) is 9.10. The maximum Gasteiger partial charge on any atom is 0.337 e. The van der Waals surface area contributed by atoms with Gasteiger partial charge in [-0.05, 0) is 24.3 Å². The summed E-state index contributed by atoms with van der Waals surface area (Å²) in [6.07, 6.45) is 1.87. The number of benzene rings is 1. The van der Waals surface area contributed by atoms with E-state index in [-0.39, 0.29) is 5.97 Å². The molecule has 0 saturated heterocycles. The Morgan fingerprint density at radius 1 is 1.47 bits per heavy atom. The number of ether oxygens (including phenoxy) is 1. The molecule has 0 atom stereocenters. The number of aromatic nitrogens is 2. The van der Waals surface area contributed by atoms with Crippen LogP contribution in [0.5, 0.6) is 0 Å². The van der Waals surface area contributed by atoms with Gasteiger partial charge in [0.2, 0.25) is 0 Å². The largest absolute Gasteiger partial charge is 0.465 e. The predicted molar refractivity (Wildman–Crippen MR) is 72.7 cm³/mol. The van der Waals surface area contributed by atoms with Crippen LogP contribution in [-0.4, -0.2) is 22.9 Å². The van der Waals surface area contributed by atoms with E-state index in [0.717, 1.165) is 5.69 Å². The Morgan fingerprint density at radius 2 is 2.26 bits per heavy atom. The number of carbonyl (C=O) groups excluding carboxylic acids is 1. The first-order valence-corrected chi connectivity index (χ1v) is 5.80. The molecule has 0 radical (unpaired) electrons. The first kappa shape index (κ1) is 12.9. The minimum atomic E-state index is -0.388. The fourth-order valence-electron chi connectivity index (χ4n) is 1.70. The van der Waals surface area contributed by atoms with Gasteiger partial charge in [0.15, 0.2) is 0 Å². The second-order valence-corrected chi connectivity index (χ2v) is 4.13. The minimum Gasteiger partial charge on any atom is -0.465 e. The Kier molecular flexibility index (Phi) is 3.70. The average molecular weight is 260 g/mol. The predicted octanol–water partition coefficient (Wildman–Crippen LogP) is 1.40. The maximum absolute atomic E-state index is 11.4. The van der Waals surface area contributed by atoms with Gasteiger partial charge in [-0.25, -0.2) is 4.79 Å². The molecule has 1 aromatic carbocycles. The van der Waals surface area contributed by atoms with Gasteiger partial charge in [0.05, 0.1) is 36.3 Å². The van der Waals surface area contributed by atoms with Crippen LogP contribution < -0.4 is 11.1 Å². The van der Waals surface area contributed by atoms with Crippen LogP contribution in [0.1, 0.15) is 16.1 Å². The number of esters is 1. The van der Waals surface area contributed by atoms with Crippen LogP contribution in [0, 0.1) is 0 Å². The number of nitrogen functional groups attached to an aromatic ring is 1. The van der Waals surface area contributed by atoms with Gasteiger partial charge in [-0.3, -0.25) is 4.68 Å². The molecule has 2 aromatic rings. The van der Waals surface area contributed by atoms with Crippen LogP contribution in [0.25, 0.3) is 0 Å². The summed E-state index contributed by atoms with van der Waals surface area (Å²) in [6, 6.07) is 6.89. The highest BCUT2D eigenvalue weighted by Gasteiger charge is 2.08. The second kappa shape index (κ2) is 5.43. The number of hydrogen-bond acceptors (Lipinski definition) is 5. The molecule has 19 heavy (non-hydrogen) atoms. The summed E-state index contributed by atoms with van der Waals surface area (Å²) in [5.74, 6) is -0.388. The standard InChI is InChI=1S/C13H16N4O2/c1-17-6-5-10(16-17)8-15-12-7-9(13(18)19-2)3-4-11(12)14/h3-7,15H,8,14H2,1-2H3. The van der Waals surface area contributed by atoms with Crippen molar-refractivity contribution in [2.45, 2.75) is 6.54 Å². The van der Waals surface area contributed by atoms with Crippen molar-refractivity contribution in [3.05, 3.63) is 41.7 Å². The highest BCUT2D eigenvalue weighted by atomic mass is 16.5. The lowest BCUT2D eigenvalue weighted by Gasteiger charge is -2.09. The number of nitrogens with two attached hydrogens (primary N) is 1. The summed E-state index contributed by atoms with van der Waals surface area (Å²) < 4.78 is 6.40. The number of aryl methyl sites for hydroxylation is 1. The van der Waals surface area contributed by atoms with Crippen LogP contribution in [0.2, 0.25) is 0 Å². The summed E-state index contributed by atoms with van der Waals surface area (Å²) in [5.41, 5.74) is 8.47. The molecule has 0 aliphatic heterocycles. The third-order valence-corrected chi connectivity index (χ3v) is 2.70. The van der Waals surface area contributed by atoms with Gasteiger partial charge in [0.1, 0.15) is 0 Å². The number of rotatable bonds is 4. The number of nitrogens with zero attached hydrogens (tertiary/aromatic N) is 2. The zero-order valence-electron chi connectivity index (χ0n) is 10.9. The first-order valence-electron chi connectivity index (χ1n) is 5.80. The van der Waals surface area contributed by atoms with Crippen LogP contribution >= 0.6 is 0 Å². The fraction of sp³-hybridized carbons (Fsp3) is 0.231. The van der Waals surface area contributed by atoms with E-state index in [2.05, 4.69) is 15.2 Å². The van der Waals surface area contributed by atoms with Crippen molar-refractivity contribution in [2.24, 2.45) is 7.05 Å². The highest BCUT2D eigenvalue weighted by molar-refractivity contribution is 5.91. The number of anilines is 2.